The lowest BCUT2D eigenvalue weighted by Gasteiger charge is -2.09. The number of benzene rings is 1. The van der Waals surface area contributed by atoms with Crippen LogP contribution < -0.4 is 5.32 Å². The van der Waals surface area contributed by atoms with Gasteiger partial charge in [0.1, 0.15) is 5.82 Å². The molecule has 1 N–H and O–H groups in total. The molecule has 86 valence electrons. The molecule has 0 amide bonds. The van der Waals surface area contributed by atoms with E-state index in [2.05, 4.69) is 10.1 Å². The van der Waals surface area contributed by atoms with E-state index in [-0.39, 0.29) is 16.3 Å². The Bertz CT molecular complexity index is 409. The first-order chi connectivity index (χ1) is 7.61. The first-order valence-corrected chi connectivity index (χ1v) is 5.33. The Morgan fingerprint density at radius 2 is 2.25 bits per heavy atom. The van der Waals surface area contributed by atoms with Crippen LogP contribution in [0.15, 0.2) is 12.1 Å². The van der Waals surface area contributed by atoms with Crippen LogP contribution in [0.5, 0.6) is 0 Å². The van der Waals surface area contributed by atoms with Gasteiger partial charge in [0.15, 0.2) is 0 Å². The van der Waals surface area contributed by atoms with Crippen LogP contribution in [-0.2, 0) is 4.74 Å². The van der Waals surface area contributed by atoms with Gasteiger partial charge in [0.2, 0.25) is 0 Å². The first-order valence-electron chi connectivity index (χ1n) is 4.95. The highest BCUT2D eigenvalue weighted by Gasteiger charge is 2.24. The summed E-state index contributed by atoms with van der Waals surface area (Å²) in [7, 11) is 1.24. The smallest absolute Gasteiger partial charge is 0.338 e. The fraction of sp³-hybridized carbons (Fsp3) is 0.364. The third kappa shape index (κ3) is 2.27. The lowest BCUT2D eigenvalue weighted by atomic mass is 10.2. The minimum Gasteiger partial charge on any atom is -0.465 e. The van der Waals surface area contributed by atoms with E-state index in [1.165, 1.54) is 13.2 Å². The fourth-order valence-electron chi connectivity index (χ4n) is 1.38. The molecule has 1 fully saturated rings. The van der Waals surface area contributed by atoms with E-state index in [4.69, 9.17) is 11.6 Å². The van der Waals surface area contributed by atoms with Gasteiger partial charge in [0, 0.05) is 6.04 Å². The number of hydrogen-bond acceptors (Lipinski definition) is 3. The summed E-state index contributed by atoms with van der Waals surface area (Å²) >= 11 is 5.90. The van der Waals surface area contributed by atoms with Crippen LogP contribution in [-0.4, -0.2) is 19.1 Å². The fourth-order valence-corrected chi connectivity index (χ4v) is 1.64. The van der Waals surface area contributed by atoms with Crippen molar-refractivity contribution < 1.29 is 13.9 Å². The van der Waals surface area contributed by atoms with E-state index in [1.807, 2.05) is 0 Å². The molecule has 0 unspecified atom stereocenters. The highest BCUT2D eigenvalue weighted by Crippen LogP contribution is 2.32. The van der Waals surface area contributed by atoms with Crippen LogP contribution in [0.25, 0.3) is 0 Å². The summed E-state index contributed by atoms with van der Waals surface area (Å²) in [4.78, 5) is 11.2. The summed E-state index contributed by atoms with van der Waals surface area (Å²) < 4.78 is 18.1. The third-order valence-electron chi connectivity index (χ3n) is 2.39. The molecular weight excluding hydrogens is 233 g/mol. The molecule has 0 atom stereocenters. The van der Waals surface area contributed by atoms with E-state index in [0.29, 0.717) is 6.04 Å². The topological polar surface area (TPSA) is 38.3 Å². The van der Waals surface area contributed by atoms with Crippen molar-refractivity contribution in [3.63, 3.8) is 0 Å². The average Bonchev–Trinajstić information content (AvgIpc) is 3.05. The number of rotatable bonds is 3. The molecule has 16 heavy (non-hydrogen) atoms. The Balaban J connectivity index is 2.30. The van der Waals surface area contributed by atoms with Gasteiger partial charge in [-0.1, -0.05) is 11.6 Å². The molecule has 2 rings (SSSR count). The van der Waals surface area contributed by atoms with E-state index in [0.717, 1.165) is 18.9 Å². The van der Waals surface area contributed by atoms with Gasteiger partial charge in [-0.25, -0.2) is 9.18 Å². The van der Waals surface area contributed by atoms with Crippen LogP contribution >= 0.6 is 11.6 Å². The van der Waals surface area contributed by atoms with Gasteiger partial charge in [0.05, 0.1) is 23.4 Å². The van der Waals surface area contributed by atoms with Crippen LogP contribution in [0.4, 0.5) is 10.1 Å². The molecule has 1 aromatic carbocycles. The molecule has 1 aromatic rings. The molecule has 0 spiro atoms. The van der Waals surface area contributed by atoms with Crippen molar-refractivity contribution in [3.05, 3.63) is 28.5 Å². The minimum absolute atomic E-state index is 0.117. The Morgan fingerprint density at radius 1 is 1.56 bits per heavy atom. The summed E-state index contributed by atoms with van der Waals surface area (Å²) in [6.45, 7) is 0. The van der Waals surface area contributed by atoms with Crippen molar-refractivity contribution in [2.24, 2.45) is 0 Å². The van der Waals surface area contributed by atoms with Crippen molar-refractivity contribution >= 4 is 23.3 Å². The van der Waals surface area contributed by atoms with E-state index in [9.17, 15) is 9.18 Å². The van der Waals surface area contributed by atoms with Crippen molar-refractivity contribution in [1.29, 1.82) is 0 Å². The summed E-state index contributed by atoms with van der Waals surface area (Å²) in [5.74, 6) is -1.13. The summed E-state index contributed by atoms with van der Waals surface area (Å²) in [5.41, 5.74) is 0.378. The van der Waals surface area contributed by atoms with Gasteiger partial charge in [-0.2, -0.15) is 0 Å². The molecule has 1 aliphatic rings. The number of nitrogens with one attached hydrogen (secondary N) is 1. The van der Waals surface area contributed by atoms with Crippen molar-refractivity contribution in [2.45, 2.75) is 18.9 Å². The van der Waals surface area contributed by atoms with E-state index >= 15 is 0 Å². The largest absolute Gasteiger partial charge is 0.465 e. The second-order valence-corrected chi connectivity index (χ2v) is 4.13. The predicted molar refractivity (Wildman–Crippen MR) is 59.4 cm³/mol. The van der Waals surface area contributed by atoms with Crippen molar-refractivity contribution in [2.75, 3.05) is 12.4 Å². The van der Waals surface area contributed by atoms with Gasteiger partial charge in [-0.3, -0.25) is 0 Å². The van der Waals surface area contributed by atoms with Crippen LogP contribution in [0.1, 0.15) is 23.2 Å². The number of carbonyl (C=O) groups excluding carboxylic acids is 1. The summed E-state index contributed by atoms with van der Waals surface area (Å²) in [6, 6.07) is 2.83. The highest BCUT2D eigenvalue weighted by molar-refractivity contribution is 6.33. The number of methoxy groups -OCH3 is 1. The Hall–Kier alpha value is -1.29. The first kappa shape index (κ1) is 11.2. The number of anilines is 1. The predicted octanol–water partition coefficient (Wildman–Crippen LogP) is 2.84. The summed E-state index contributed by atoms with van der Waals surface area (Å²) in [6.07, 6.45) is 2.04. The lowest BCUT2D eigenvalue weighted by molar-refractivity contribution is 0.0600. The zero-order chi connectivity index (χ0) is 11.7. The van der Waals surface area contributed by atoms with Crippen LogP contribution in [0, 0.1) is 5.82 Å². The molecule has 1 saturated carbocycles. The number of esters is 1. The second kappa shape index (κ2) is 4.29. The maximum Gasteiger partial charge on any atom is 0.338 e. The molecular formula is C11H11ClFNO2. The van der Waals surface area contributed by atoms with Crippen molar-refractivity contribution in [3.8, 4) is 0 Å². The third-order valence-corrected chi connectivity index (χ3v) is 2.69. The Labute approximate surface area is 97.5 Å². The monoisotopic (exact) mass is 243 g/mol. The summed E-state index contributed by atoms with van der Waals surface area (Å²) in [5, 5.41) is 3.18. The molecule has 0 radical (unpaired) electrons. The number of ether oxygens (including phenoxy) is 1. The molecule has 0 heterocycles. The lowest BCUT2D eigenvalue weighted by Crippen LogP contribution is -2.07. The zero-order valence-corrected chi connectivity index (χ0v) is 9.47. The maximum absolute atomic E-state index is 13.6. The average molecular weight is 244 g/mol. The normalized spacial score (nSPS) is 14.7. The Morgan fingerprint density at radius 3 is 2.75 bits per heavy atom. The number of hydrogen-bond donors (Lipinski definition) is 1. The molecule has 0 saturated heterocycles. The number of carbonyl (C=O) groups is 1. The van der Waals surface area contributed by atoms with Gasteiger partial charge >= 0.3 is 5.97 Å². The van der Waals surface area contributed by atoms with Crippen molar-refractivity contribution in [1.82, 2.24) is 0 Å². The number of halogens is 2. The standard InChI is InChI=1S/C11H11ClFNO2/c1-16-11(15)6-4-8(12)10(9(13)5-6)14-7-2-3-7/h4-5,7,14H,2-3H2,1H3. The minimum atomic E-state index is -0.598. The highest BCUT2D eigenvalue weighted by atomic mass is 35.5. The molecule has 0 aliphatic heterocycles. The van der Waals surface area contributed by atoms with Crippen LogP contribution in [0.2, 0.25) is 5.02 Å². The SMILES string of the molecule is COC(=O)c1cc(F)c(NC2CC2)c(Cl)c1. The van der Waals surface area contributed by atoms with Gasteiger partial charge in [-0.05, 0) is 25.0 Å². The molecule has 0 bridgehead atoms. The van der Waals surface area contributed by atoms with Gasteiger partial charge in [0.25, 0.3) is 0 Å². The zero-order valence-electron chi connectivity index (χ0n) is 8.72. The van der Waals surface area contributed by atoms with Gasteiger partial charge < -0.3 is 10.1 Å². The van der Waals surface area contributed by atoms with Gasteiger partial charge in [-0.15, -0.1) is 0 Å². The molecule has 0 aromatic heterocycles. The van der Waals surface area contributed by atoms with Crippen LogP contribution in [0.3, 0.4) is 0 Å². The second-order valence-electron chi connectivity index (χ2n) is 3.73. The van der Waals surface area contributed by atoms with E-state index in [1.54, 1.807) is 0 Å². The molecule has 3 nitrogen and oxygen atoms in total. The molecule has 5 heteroatoms. The molecule has 1 aliphatic carbocycles. The van der Waals surface area contributed by atoms with E-state index < -0.39 is 11.8 Å². The Kier molecular flexibility index (Phi) is 3.01. The quantitative estimate of drug-likeness (QED) is 0.830. The maximum atomic E-state index is 13.6.